The zero-order valence-corrected chi connectivity index (χ0v) is 16.6. The maximum Gasteiger partial charge on any atom is 0.246 e. The number of anilines is 1. The molecule has 1 heterocycles. The number of rotatable bonds is 4. The number of ether oxygens (including phenoxy) is 1. The minimum absolute atomic E-state index is 0.168. The van der Waals surface area contributed by atoms with Crippen molar-refractivity contribution in [2.75, 3.05) is 38.2 Å². The van der Waals surface area contributed by atoms with E-state index in [9.17, 15) is 8.42 Å². The summed E-state index contributed by atoms with van der Waals surface area (Å²) in [7, 11) is -2.17. The van der Waals surface area contributed by atoms with Crippen LogP contribution in [0.2, 0.25) is 0 Å². The molecule has 0 saturated carbocycles. The molecule has 2 aromatic rings. The maximum atomic E-state index is 13.0. The molecule has 6 nitrogen and oxygen atoms in total. The van der Waals surface area contributed by atoms with E-state index in [0.29, 0.717) is 42.0 Å². The normalized spacial score (nSPS) is 15.5. The maximum absolute atomic E-state index is 13.0. The Morgan fingerprint density at radius 3 is 2.31 bits per heavy atom. The van der Waals surface area contributed by atoms with Crippen molar-refractivity contribution in [2.45, 2.75) is 4.90 Å². The third-order valence-electron chi connectivity index (χ3n) is 4.34. The lowest BCUT2D eigenvalue weighted by Crippen LogP contribution is -2.48. The number of methoxy groups -OCH3 is 1. The molecule has 0 amide bonds. The standard InChI is InChI=1S/C18H18BrN3O3S/c1-25-17-7-4-15(19)12-18(17)26(23,24)22-10-8-21(9-11-22)16-5-2-14(13-20)3-6-16/h2-7,12H,8-11H2,1H3. The summed E-state index contributed by atoms with van der Waals surface area (Å²) >= 11 is 3.32. The number of sulfonamides is 1. The summed E-state index contributed by atoms with van der Waals surface area (Å²) in [6.07, 6.45) is 0. The Balaban J connectivity index is 1.76. The van der Waals surface area contributed by atoms with E-state index in [1.807, 2.05) is 12.1 Å². The molecule has 1 saturated heterocycles. The Morgan fingerprint density at radius 2 is 1.73 bits per heavy atom. The topological polar surface area (TPSA) is 73.6 Å². The lowest BCUT2D eigenvalue weighted by Gasteiger charge is -2.35. The monoisotopic (exact) mass is 435 g/mol. The number of benzene rings is 2. The average molecular weight is 436 g/mol. The molecule has 0 aliphatic carbocycles. The van der Waals surface area contributed by atoms with E-state index < -0.39 is 10.0 Å². The summed E-state index contributed by atoms with van der Waals surface area (Å²) in [5.74, 6) is 0.336. The van der Waals surface area contributed by atoms with Crippen LogP contribution < -0.4 is 9.64 Å². The number of nitriles is 1. The zero-order valence-electron chi connectivity index (χ0n) is 14.2. The summed E-state index contributed by atoms with van der Waals surface area (Å²) in [4.78, 5) is 2.28. The van der Waals surface area contributed by atoms with E-state index >= 15 is 0 Å². The van der Waals surface area contributed by atoms with Crippen LogP contribution in [0.3, 0.4) is 0 Å². The fourth-order valence-corrected chi connectivity index (χ4v) is 5.04. The molecule has 0 atom stereocenters. The minimum atomic E-state index is -3.63. The third kappa shape index (κ3) is 3.70. The van der Waals surface area contributed by atoms with Gasteiger partial charge in [-0.3, -0.25) is 0 Å². The van der Waals surface area contributed by atoms with E-state index in [0.717, 1.165) is 5.69 Å². The molecule has 0 bridgehead atoms. The predicted molar refractivity (Wildman–Crippen MR) is 103 cm³/mol. The van der Waals surface area contributed by atoms with E-state index in [1.165, 1.54) is 11.4 Å². The van der Waals surface area contributed by atoms with E-state index in [1.54, 1.807) is 30.3 Å². The van der Waals surface area contributed by atoms with Gasteiger partial charge in [0, 0.05) is 36.3 Å². The summed E-state index contributed by atoms with van der Waals surface area (Å²) in [5, 5.41) is 8.88. The molecule has 1 fully saturated rings. The molecule has 136 valence electrons. The average Bonchev–Trinajstić information content (AvgIpc) is 2.68. The van der Waals surface area contributed by atoms with Gasteiger partial charge in [0.25, 0.3) is 0 Å². The molecule has 0 radical (unpaired) electrons. The molecule has 0 aromatic heterocycles. The van der Waals surface area contributed by atoms with Crippen molar-refractivity contribution in [2.24, 2.45) is 0 Å². The zero-order chi connectivity index (χ0) is 18.7. The van der Waals surface area contributed by atoms with Gasteiger partial charge in [0.2, 0.25) is 10.0 Å². The SMILES string of the molecule is COc1ccc(Br)cc1S(=O)(=O)N1CCN(c2ccc(C#N)cc2)CC1. The van der Waals surface area contributed by atoms with Crippen LogP contribution in [0.5, 0.6) is 5.75 Å². The van der Waals surface area contributed by atoms with Crippen LogP contribution in [0.4, 0.5) is 5.69 Å². The van der Waals surface area contributed by atoms with Crippen molar-refractivity contribution in [3.8, 4) is 11.8 Å². The summed E-state index contributed by atoms with van der Waals surface area (Å²) < 4.78 is 33.4. The van der Waals surface area contributed by atoms with Gasteiger partial charge in [0.15, 0.2) is 0 Å². The number of piperazine rings is 1. The van der Waals surface area contributed by atoms with Gasteiger partial charge >= 0.3 is 0 Å². The van der Waals surface area contributed by atoms with Crippen molar-refractivity contribution in [3.05, 3.63) is 52.5 Å². The summed E-state index contributed by atoms with van der Waals surface area (Å²) in [5.41, 5.74) is 1.60. The molecule has 1 aliphatic rings. The number of nitrogens with zero attached hydrogens (tertiary/aromatic N) is 3. The Labute approximate surface area is 161 Å². The molecule has 0 spiro atoms. The fraction of sp³-hybridized carbons (Fsp3) is 0.278. The van der Waals surface area contributed by atoms with Crippen LogP contribution >= 0.6 is 15.9 Å². The van der Waals surface area contributed by atoms with Crippen molar-refractivity contribution in [1.29, 1.82) is 5.26 Å². The molecular weight excluding hydrogens is 418 g/mol. The smallest absolute Gasteiger partial charge is 0.246 e. The van der Waals surface area contributed by atoms with Crippen LogP contribution in [0.1, 0.15) is 5.56 Å². The second-order valence-corrected chi connectivity index (χ2v) is 8.67. The summed E-state index contributed by atoms with van der Waals surface area (Å²) in [6.45, 7) is 1.94. The van der Waals surface area contributed by atoms with Gasteiger partial charge in [0.05, 0.1) is 18.7 Å². The Hall–Kier alpha value is -2.08. The van der Waals surface area contributed by atoms with Crippen LogP contribution in [0, 0.1) is 11.3 Å². The number of hydrogen-bond acceptors (Lipinski definition) is 5. The molecule has 8 heteroatoms. The second-order valence-electron chi connectivity index (χ2n) is 5.84. The lowest BCUT2D eigenvalue weighted by molar-refractivity contribution is 0.374. The first-order chi connectivity index (χ1) is 12.5. The van der Waals surface area contributed by atoms with Gasteiger partial charge in [-0.05, 0) is 42.5 Å². The largest absolute Gasteiger partial charge is 0.495 e. The van der Waals surface area contributed by atoms with E-state index in [-0.39, 0.29) is 4.90 Å². The molecular formula is C18H18BrN3O3S. The Bertz CT molecular complexity index is 931. The highest BCUT2D eigenvalue weighted by molar-refractivity contribution is 9.10. The molecule has 3 rings (SSSR count). The quantitative estimate of drug-likeness (QED) is 0.737. The molecule has 0 N–H and O–H groups in total. The van der Waals surface area contributed by atoms with Crippen LogP contribution in [0.15, 0.2) is 51.8 Å². The molecule has 0 unspecified atom stereocenters. The van der Waals surface area contributed by atoms with Crippen LogP contribution in [-0.4, -0.2) is 46.0 Å². The highest BCUT2D eigenvalue weighted by atomic mass is 79.9. The first-order valence-corrected chi connectivity index (χ1v) is 10.3. The van der Waals surface area contributed by atoms with Crippen LogP contribution in [-0.2, 0) is 10.0 Å². The first kappa shape index (κ1) is 18.7. The third-order valence-corrected chi connectivity index (χ3v) is 6.76. The highest BCUT2D eigenvalue weighted by Gasteiger charge is 2.31. The van der Waals surface area contributed by atoms with Gasteiger partial charge in [-0.15, -0.1) is 0 Å². The van der Waals surface area contributed by atoms with E-state index in [2.05, 4.69) is 26.9 Å². The number of hydrogen-bond donors (Lipinski definition) is 0. The van der Waals surface area contributed by atoms with Crippen molar-refractivity contribution >= 4 is 31.6 Å². The summed E-state index contributed by atoms with van der Waals surface area (Å²) in [6, 6.07) is 14.4. The number of halogens is 1. The van der Waals surface area contributed by atoms with Gasteiger partial charge in [-0.25, -0.2) is 8.42 Å². The fourth-order valence-electron chi connectivity index (χ4n) is 2.92. The van der Waals surface area contributed by atoms with E-state index in [4.69, 9.17) is 10.00 Å². The molecule has 26 heavy (non-hydrogen) atoms. The first-order valence-electron chi connectivity index (χ1n) is 8.04. The Kier molecular flexibility index (Phi) is 5.51. The van der Waals surface area contributed by atoms with Crippen molar-refractivity contribution in [3.63, 3.8) is 0 Å². The second kappa shape index (κ2) is 7.66. The molecule has 2 aromatic carbocycles. The lowest BCUT2D eigenvalue weighted by atomic mass is 10.2. The van der Waals surface area contributed by atoms with Crippen molar-refractivity contribution < 1.29 is 13.2 Å². The molecule has 1 aliphatic heterocycles. The Morgan fingerprint density at radius 1 is 1.08 bits per heavy atom. The van der Waals surface area contributed by atoms with Crippen molar-refractivity contribution in [1.82, 2.24) is 4.31 Å². The van der Waals surface area contributed by atoms with Gasteiger partial charge in [-0.1, -0.05) is 15.9 Å². The van der Waals surface area contributed by atoms with Gasteiger partial charge < -0.3 is 9.64 Å². The highest BCUT2D eigenvalue weighted by Crippen LogP contribution is 2.30. The minimum Gasteiger partial charge on any atom is -0.495 e. The van der Waals surface area contributed by atoms with Gasteiger partial charge in [0.1, 0.15) is 10.6 Å². The predicted octanol–water partition coefficient (Wildman–Crippen LogP) is 2.84. The van der Waals surface area contributed by atoms with Crippen LogP contribution in [0.25, 0.3) is 0 Å². The van der Waals surface area contributed by atoms with Gasteiger partial charge in [-0.2, -0.15) is 9.57 Å².